The topological polar surface area (TPSA) is 35.5 Å². The minimum absolute atomic E-state index is 0.0498. The van der Waals surface area contributed by atoms with Crippen molar-refractivity contribution in [2.24, 2.45) is 0 Å². The highest BCUT2D eigenvalue weighted by atomic mass is 16.3. The van der Waals surface area contributed by atoms with Crippen LogP contribution < -0.4 is 5.32 Å². The van der Waals surface area contributed by atoms with Crippen molar-refractivity contribution in [3.05, 3.63) is 28.8 Å². The van der Waals surface area contributed by atoms with Crippen LogP contribution in [0.25, 0.3) is 0 Å². The molecule has 0 aliphatic carbocycles. The van der Waals surface area contributed by atoms with Crippen LogP contribution in [0.5, 0.6) is 0 Å². The molecular weight excluding hydrogens is 248 g/mol. The van der Waals surface area contributed by atoms with Crippen molar-refractivity contribution in [2.75, 3.05) is 25.0 Å². The van der Waals surface area contributed by atoms with Gasteiger partial charge in [-0.25, -0.2) is 0 Å². The highest BCUT2D eigenvalue weighted by molar-refractivity contribution is 5.59. The van der Waals surface area contributed by atoms with E-state index in [1.165, 1.54) is 35.2 Å². The first-order valence-electron chi connectivity index (χ1n) is 7.68. The van der Waals surface area contributed by atoms with E-state index in [1.54, 1.807) is 0 Å². The fraction of sp³-hybridized carbons (Fsp3) is 0.647. The Morgan fingerprint density at radius 2 is 1.85 bits per heavy atom. The molecule has 20 heavy (non-hydrogen) atoms. The van der Waals surface area contributed by atoms with Crippen molar-refractivity contribution < 1.29 is 5.11 Å². The van der Waals surface area contributed by atoms with Crippen LogP contribution in [0.2, 0.25) is 0 Å². The Morgan fingerprint density at radius 3 is 2.45 bits per heavy atom. The van der Waals surface area contributed by atoms with Gasteiger partial charge in [-0.3, -0.25) is 4.90 Å². The van der Waals surface area contributed by atoms with Crippen molar-refractivity contribution in [3.63, 3.8) is 0 Å². The molecule has 1 heterocycles. The van der Waals surface area contributed by atoms with Gasteiger partial charge in [-0.15, -0.1) is 0 Å². The molecule has 2 rings (SSSR count). The number of rotatable bonds is 4. The maximum atomic E-state index is 9.29. The van der Waals surface area contributed by atoms with Crippen molar-refractivity contribution in [1.82, 2.24) is 4.90 Å². The van der Waals surface area contributed by atoms with Crippen molar-refractivity contribution in [1.29, 1.82) is 0 Å². The smallest absolute Gasteiger partial charge is 0.0878 e. The third-order valence-electron chi connectivity index (χ3n) is 4.48. The van der Waals surface area contributed by atoms with Gasteiger partial charge in [-0.2, -0.15) is 0 Å². The number of piperidine rings is 1. The van der Waals surface area contributed by atoms with Gasteiger partial charge < -0.3 is 10.4 Å². The molecule has 1 aromatic carbocycles. The third kappa shape index (κ3) is 3.15. The van der Waals surface area contributed by atoms with Gasteiger partial charge in [0, 0.05) is 18.8 Å². The molecule has 3 nitrogen and oxygen atoms in total. The van der Waals surface area contributed by atoms with Crippen LogP contribution in [0.15, 0.2) is 12.1 Å². The van der Waals surface area contributed by atoms with Gasteiger partial charge >= 0.3 is 0 Å². The van der Waals surface area contributed by atoms with Gasteiger partial charge in [0.15, 0.2) is 0 Å². The van der Waals surface area contributed by atoms with Crippen molar-refractivity contribution >= 4 is 5.69 Å². The minimum atomic E-state index is -0.0498. The lowest BCUT2D eigenvalue weighted by atomic mass is 9.94. The van der Waals surface area contributed by atoms with Gasteiger partial charge in [0.1, 0.15) is 0 Å². The quantitative estimate of drug-likeness (QED) is 0.886. The van der Waals surface area contributed by atoms with E-state index in [0.717, 1.165) is 19.5 Å². The molecule has 1 aliphatic rings. The SMILES string of the molecule is Cc1cc(C)c(NC2(C)CCCCN2CCO)c(C)c1. The van der Waals surface area contributed by atoms with Crippen LogP contribution in [0, 0.1) is 20.8 Å². The standard InChI is InChI=1S/C17H28N2O/c1-13-11-14(2)16(15(3)12-13)18-17(4)7-5-6-8-19(17)9-10-20/h11-12,18,20H,5-10H2,1-4H3. The molecule has 1 atom stereocenters. The Balaban J connectivity index is 2.26. The third-order valence-corrected chi connectivity index (χ3v) is 4.48. The highest BCUT2D eigenvalue weighted by Crippen LogP contribution is 2.32. The molecule has 0 spiro atoms. The summed E-state index contributed by atoms with van der Waals surface area (Å²) in [6.45, 7) is 10.8. The minimum Gasteiger partial charge on any atom is -0.395 e. The molecule has 0 aromatic heterocycles. The number of likely N-dealkylation sites (tertiary alicyclic amines) is 1. The average molecular weight is 276 g/mol. The summed E-state index contributed by atoms with van der Waals surface area (Å²) in [4.78, 5) is 2.38. The maximum absolute atomic E-state index is 9.29. The Labute approximate surface area is 123 Å². The lowest BCUT2D eigenvalue weighted by molar-refractivity contribution is 0.0648. The Hall–Kier alpha value is -1.06. The maximum Gasteiger partial charge on any atom is 0.0878 e. The first-order valence-corrected chi connectivity index (χ1v) is 7.68. The molecule has 0 amide bonds. The number of anilines is 1. The van der Waals surface area contributed by atoms with E-state index in [2.05, 4.69) is 50.0 Å². The van der Waals surface area contributed by atoms with Gasteiger partial charge in [-0.05, 0) is 58.1 Å². The van der Waals surface area contributed by atoms with Crippen LogP contribution >= 0.6 is 0 Å². The second-order valence-electron chi connectivity index (χ2n) is 6.34. The number of benzene rings is 1. The zero-order chi connectivity index (χ0) is 14.8. The van der Waals surface area contributed by atoms with Crippen molar-refractivity contribution in [3.8, 4) is 0 Å². The molecule has 1 aromatic rings. The molecule has 3 heteroatoms. The normalized spacial score (nSPS) is 23.9. The zero-order valence-corrected chi connectivity index (χ0v) is 13.3. The van der Waals surface area contributed by atoms with Crippen LogP contribution in [0.4, 0.5) is 5.69 Å². The zero-order valence-electron chi connectivity index (χ0n) is 13.3. The molecule has 0 bridgehead atoms. The summed E-state index contributed by atoms with van der Waals surface area (Å²) in [5.41, 5.74) is 5.12. The Bertz CT molecular complexity index is 447. The first kappa shape index (κ1) is 15.3. The van der Waals surface area contributed by atoms with E-state index in [1.807, 2.05) is 0 Å². The van der Waals surface area contributed by atoms with E-state index in [-0.39, 0.29) is 12.3 Å². The number of nitrogens with zero attached hydrogens (tertiary/aromatic N) is 1. The monoisotopic (exact) mass is 276 g/mol. The lowest BCUT2D eigenvalue weighted by Crippen LogP contribution is -2.56. The summed E-state index contributed by atoms with van der Waals surface area (Å²) >= 11 is 0. The summed E-state index contributed by atoms with van der Waals surface area (Å²) < 4.78 is 0. The predicted molar refractivity (Wildman–Crippen MR) is 85.2 cm³/mol. The number of hydrogen-bond acceptors (Lipinski definition) is 3. The summed E-state index contributed by atoms with van der Waals surface area (Å²) in [7, 11) is 0. The van der Waals surface area contributed by atoms with Crippen LogP contribution in [-0.4, -0.2) is 35.4 Å². The number of β-amino-alcohol motifs (C(OH)–C–C–N with tert-alkyl or cyclic N) is 1. The first-order chi connectivity index (χ1) is 9.46. The Morgan fingerprint density at radius 1 is 1.20 bits per heavy atom. The molecule has 0 radical (unpaired) electrons. The molecule has 112 valence electrons. The summed E-state index contributed by atoms with van der Waals surface area (Å²) in [5, 5.41) is 13.1. The van der Waals surface area contributed by atoms with E-state index >= 15 is 0 Å². The van der Waals surface area contributed by atoms with Crippen LogP contribution in [-0.2, 0) is 0 Å². The number of aliphatic hydroxyl groups excluding tert-OH is 1. The van der Waals surface area contributed by atoms with E-state index in [9.17, 15) is 5.11 Å². The number of aryl methyl sites for hydroxylation is 3. The van der Waals surface area contributed by atoms with Gasteiger partial charge in [-0.1, -0.05) is 17.7 Å². The fourth-order valence-electron chi connectivity index (χ4n) is 3.44. The summed E-state index contributed by atoms with van der Waals surface area (Å²) in [5.74, 6) is 0. The van der Waals surface area contributed by atoms with Gasteiger partial charge in [0.05, 0.1) is 12.3 Å². The van der Waals surface area contributed by atoms with E-state index in [4.69, 9.17) is 0 Å². The van der Waals surface area contributed by atoms with E-state index in [0.29, 0.717) is 0 Å². The number of aliphatic hydroxyl groups is 1. The predicted octanol–water partition coefficient (Wildman–Crippen LogP) is 3.22. The lowest BCUT2D eigenvalue weighted by Gasteiger charge is -2.46. The highest BCUT2D eigenvalue weighted by Gasteiger charge is 2.34. The van der Waals surface area contributed by atoms with Crippen LogP contribution in [0.1, 0.15) is 42.9 Å². The molecule has 2 N–H and O–H groups in total. The average Bonchev–Trinajstić information content (AvgIpc) is 2.37. The molecule has 0 saturated carbocycles. The van der Waals surface area contributed by atoms with Crippen LogP contribution in [0.3, 0.4) is 0 Å². The second-order valence-corrected chi connectivity index (χ2v) is 6.34. The fourth-order valence-corrected chi connectivity index (χ4v) is 3.44. The van der Waals surface area contributed by atoms with Crippen molar-refractivity contribution in [2.45, 2.75) is 52.6 Å². The largest absolute Gasteiger partial charge is 0.395 e. The van der Waals surface area contributed by atoms with Gasteiger partial charge in [0.25, 0.3) is 0 Å². The molecule has 1 aliphatic heterocycles. The van der Waals surface area contributed by atoms with Gasteiger partial charge in [0.2, 0.25) is 0 Å². The summed E-state index contributed by atoms with van der Waals surface area (Å²) in [6.07, 6.45) is 3.60. The molecule has 1 fully saturated rings. The molecular formula is C17H28N2O. The summed E-state index contributed by atoms with van der Waals surface area (Å²) in [6, 6.07) is 4.47. The molecule has 1 saturated heterocycles. The Kier molecular flexibility index (Phi) is 4.71. The van der Waals surface area contributed by atoms with E-state index < -0.39 is 0 Å². The number of nitrogens with one attached hydrogen (secondary N) is 1. The number of hydrogen-bond donors (Lipinski definition) is 2. The second kappa shape index (κ2) is 6.15. The molecule has 1 unspecified atom stereocenters.